The number of nitrogens with zero attached hydrogens (tertiary/aromatic N) is 6. The van der Waals surface area contributed by atoms with Crippen LogP contribution in [-0.2, 0) is 19.6 Å². The van der Waals surface area contributed by atoms with Gasteiger partial charge in [-0.15, -0.1) is 0 Å². The van der Waals surface area contributed by atoms with Crippen molar-refractivity contribution in [3.8, 4) is 34.2 Å². The molecule has 0 unspecified atom stereocenters. The SMILES string of the molecule is CCCn1c(-c2cc(-c3nc4ccccc4n3CCC)cc(-c3nc4ccccc4n3CCC)c2)nc2ccccc21. The van der Waals surface area contributed by atoms with Crippen LogP contribution in [0.1, 0.15) is 40.0 Å². The molecule has 3 heterocycles. The molecule has 3 aromatic heterocycles. The van der Waals surface area contributed by atoms with Crippen molar-refractivity contribution in [3.05, 3.63) is 91.0 Å². The number of para-hydroxylation sites is 6. The molecule has 6 heteroatoms. The van der Waals surface area contributed by atoms with Gasteiger partial charge in [-0.1, -0.05) is 57.2 Å². The molecule has 0 aliphatic rings. The summed E-state index contributed by atoms with van der Waals surface area (Å²) >= 11 is 0. The molecule has 7 aromatic rings. The van der Waals surface area contributed by atoms with Gasteiger partial charge in [0.1, 0.15) is 17.5 Å². The average molecular weight is 553 g/mol. The number of hydrogen-bond donors (Lipinski definition) is 0. The van der Waals surface area contributed by atoms with Crippen LogP contribution in [0.2, 0.25) is 0 Å². The predicted molar refractivity (Wildman–Crippen MR) is 173 cm³/mol. The molecule has 0 N–H and O–H groups in total. The van der Waals surface area contributed by atoms with Gasteiger partial charge in [-0.3, -0.25) is 0 Å². The minimum Gasteiger partial charge on any atom is -0.324 e. The molecular formula is C36H36N6. The zero-order valence-electron chi connectivity index (χ0n) is 24.6. The lowest BCUT2D eigenvalue weighted by atomic mass is 10.0. The first-order valence-electron chi connectivity index (χ1n) is 15.2. The molecule has 6 nitrogen and oxygen atoms in total. The van der Waals surface area contributed by atoms with Gasteiger partial charge < -0.3 is 13.7 Å². The number of hydrogen-bond acceptors (Lipinski definition) is 3. The second-order valence-corrected chi connectivity index (χ2v) is 11.0. The molecule has 0 aliphatic carbocycles. The molecule has 0 fully saturated rings. The van der Waals surface area contributed by atoms with Gasteiger partial charge in [0.25, 0.3) is 0 Å². The maximum Gasteiger partial charge on any atom is 0.141 e. The van der Waals surface area contributed by atoms with E-state index in [9.17, 15) is 0 Å². The van der Waals surface area contributed by atoms with E-state index in [0.717, 1.165) is 106 Å². The normalized spacial score (nSPS) is 11.8. The van der Waals surface area contributed by atoms with Gasteiger partial charge in [0.15, 0.2) is 0 Å². The van der Waals surface area contributed by atoms with E-state index >= 15 is 0 Å². The van der Waals surface area contributed by atoms with Crippen LogP contribution >= 0.6 is 0 Å². The smallest absolute Gasteiger partial charge is 0.141 e. The number of imidazole rings is 3. The summed E-state index contributed by atoms with van der Waals surface area (Å²) in [5.41, 5.74) is 9.79. The van der Waals surface area contributed by atoms with E-state index in [1.54, 1.807) is 0 Å². The summed E-state index contributed by atoms with van der Waals surface area (Å²) in [6.45, 7) is 9.37. The van der Waals surface area contributed by atoms with E-state index in [4.69, 9.17) is 15.0 Å². The molecule has 0 atom stereocenters. The summed E-state index contributed by atoms with van der Waals surface area (Å²) in [7, 11) is 0. The Morgan fingerprint density at radius 3 is 1.00 bits per heavy atom. The van der Waals surface area contributed by atoms with Gasteiger partial charge in [0.05, 0.1) is 33.1 Å². The van der Waals surface area contributed by atoms with Crippen molar-refractivity contribution in [2.75, 3.05) is 0 Å². The molecule has 0 amide bonds. The van der Waals surface area contributed by atoms with E-state index in [1.165, 1.54) is 0 Å². The highest BCUT2D eigenvalue weighted by Gasteiger charge is 2.20. The molecule has 0 saturated heterocycles. The van der Waals surface area contributed by atoms with E-state index in [1.807, 2.05) is 0 Å². The van der Waals surface area contributed by atoms with Gasteiger partial charge >= 0.3 is 0 Å². The van der Waals surface area contributed by atoms with Crippen LogP contribution in [0.5, 0.6) is 0 Å². The van der Waals surface area contributed by atoms with Crippen molar-refractivity contribution in [2.45, 2.75) is 59.7 Å². The van der Waals surface area contributed by atoms with E-state index < -0.39 is 0 Å². The standard InChI is InChI=1S/C36H36N6/c1-4-19-40-31-16-10-7-13-28(31)37-34(40)25-22-26(35-38-29-14-8-11-17-32(29)41(35)20-5-2)24-27(23-25)36-39-30-15-9-12-18-33(30)42(36)21-6-3/h7-18,22-24H,4-6,19-21H2,1-3H3. The average Bonchev–Trinajstić information content (AvgIpc) is 3.70. The van der Waals surface area contributed by atoms with Crippen LogP contribution in [0, 0.1) is 0 Å². The Morgan fingerprint density at radius 1 is 0.429 bits per heavy atom. The summed E-state index contributed by atoms with van der Waals surface area (Å²) < 4.78 is 7.09. The molecule has 42 heavy (non-hydrogen) atoms. The Morgan fingerprint density at radius 2 is 0.714 bits per heavy atom. The first-order chi connectivity index (χ1) is 20.7. The summed E-state index contributed by atoms with van der Waals surface area (Å²) in [6.07, 6.45) is 3.08. The van der Waals surface area contributed by atoms with Gasteiger partial charge in [-0.2, -0.15) is 0 Å². The lowest BCUT2D eigenvalue weighted by Crippen LogP contribution is -2.04. The zero-order valence-corrected chi connectivity index (χ0v) is 24.6. The van der Waals surface area contributed by atoms with Crippen molar-refractivity contribution in [2.24, 2.45) is 0 Å². The fourth-order valence-corrected chi connectivity index (χ4v) is 6.25. The molecule has 0 aliphatic heterocycles. The molecular weight excluding hydrogens is 516 g/mol. The molecule has 210 valence electrons. The minimum absolute atomic E-state index is 0.901. The number of rotatable bonds is 9. The Labute approximate surface area is 246 Å². The summed E-state index contributed by atoms with van der Waals surface area (Å²) in [5, 5.41) is 0. The second kappa shape index (κ2) is 10.9. The Kier molecular flexibility index (Phi) is 6.82. The third-order valence-electron chi connectivity index (χ3n) is 8.01. The van der Waals surface area contributed by atoms with Crippen molar-refractivity contribution in [1.82, 2.24) is 28.7 Å². The summed E-state index contributed by atoms with van der Waals surface area (Å²) in [4.78, 5) is 15.5. The highest BCUT2D eigenvalue weighted by molar-refractivity contribution is 5.87. The Bertz CT molecular complexity index is 1790. The molecule has 0 radical (unpaired) electrons. The molecule has 4 aromatic carbocycles. The first-order valence-corrected chi connectivity index (χ1v) is 15.2. The number of fused-ring (bicyclic) bond motifs is 3. The maximum absolute atomic E-state index is 5.18. The summed E-state index contributed by atoms with van der Waals surface area (Å²) in [5.74, 6) is 2.95. The van der Waals surface area contributed by atoms with Crippen LogP contribution in [0.3, 0.4) is 0 Å². The van der Waals surface area contributed by atoms with Crippen LogP contribution in [0.25, 0.3) is 67.3 Å². The monoisotopic (exact) mass is 552 g/mol. The van der Waals surface area contributed by atoms with Gasteiger partial charge in [0.2, 0.25) is 0 Å². The van der Waals surface area contributed by atoms with Crippen LogP contribution in [0.15, 0.2) is 91.0 Å². The fourth-order valence-electron chi connectivity index (χ4n) is 6.25. The second-order valence-electron chi connectivity index (χ2n) is 11.0. The highest BCUT2D eigenvalue weighted by Crippen LogP contribution is 2.36. The van der Waals surface area contributed by atoms with Gasteiger partial charge in [0, 0.05) is 36.3 Å². The van der Waals surface area contributed by atoms with Crippen molar-refractivity contribution >= 4 is 33.1 Å². The highest BCUT2D eigenvalue weighted by atomic mass is 15.1. The van der Waals surface area contributed by atoms with Crippen LogP contribution < -0.4 is 0 Å². The lowest BCUT2D eigenvalue weighted by Gasteiger charge is -2.14. The molecule has 0 spiro atoms. The van der Waals surface area contributed by atoms with E-state index in [0.29, 0.717) is 0 Å². The van der Waals surface area contributed by atoms with Crippen molar-refractivity contribution in [1.29, 1.82) is 0 Å². The van der Waals surface area contributed by atoms with E-state index in [2.05, 4.69) is 125 Å². The topological polar surface area (TPSA) is 53.5 Å². The fraction of sp³-hybridized carbons (Fsp3) is 0.250. The number of benzene rings is 4. The van der Waals surface area contributed by atoms with Gasteiger partial charge in [-0.25, -0.2) is 15.0 Å². The van der Waals surface area contributed by atoms with E-state index in [-0.39, 0.29) is 0 Å². The van der Waals surface area contributed by atoms with Crippen molar-refractivity contribution < 1.29 is 0 Å². The largest absolute Gasteiger partial charge is 0.324 e. The Hall–Kier alpha value is -4.71. The quantitative estimate of drug-likeness (QED) is 0.180. The van der Waals surface area contributed by atoms with Crippen LogP contribution in [-0.4, -0.2) is 28.7 Å². The summed E-state index contributed by atoms with van der Waals surface area (Å²) in [6, 6.07) is 32.2. The number of aromatic nitrogens is 6. The number of aryl methyl sites for hydroxylation is 3. The van der Waals surface area contributed by atoms with Crippen molar-refractivity contribution in [3.63, 3.8) is 0 Å². The zero-order chi connectivity index (χ0) is 28.6. The predicted octanol–water partition coefficient (Wildman–Crippen LogP) is 8.97. The molecule has 7 rings (SSSR count). The third kappa shape index (κ3) is 4.38. The first kappa shape index (κ1) is 26.2. The minimum atomic E-state index is 0.901. The van der Waals surface area contributed by atoms with Gasteiger partial charge in [-0.05, 0) is 73.9 Å². The van der Waals surface area contributed by atoms with Crippen LogP contribution in [0.4, 0.5) is 0 Å². The third-order valence-corrected chi connectivity index (χ3v) is 8.01. The Balaban J connectivity index is 1.53. The molecule has 0 saturated carbocycles. The molecule has 0 bridgehead atoms. The maximum atomic E-state index is 5.18. The lowest BCUT2D eigenvalue weighted by molar-refractivity contribution is 0.701.